The molecule has 2 rings (SSSR count). The number of ether oxygens (including phenoxy) is 1. The number of likely N-dealkylation sites (tertiary alicyclic amines) is 1. The number of aryl methyl sites for hydroxylation is 1. The second kappa shape index (κ2) is 7.77. The van der Waals surface area contributed by atoms with Crippen molar-refractivity contribution in [2.24, 2.45) is 0 Å². The smallest absolute Gasteiger partial charge is 0.410 e. The van der Waals surface area contributed by atoms with Gasteiger partial charge in [-0.05, 0) is 47.0 Å². The highest BCUT2D eigenvalue weighted by molar-refractivity contribution is 5.68. The van der Waals surface area contributed by atoms with E-state index in [0.29, 0.717) is 18.6 Å². The Morgan fingerprint density at radius 1 is 1.48 bits per heavy atom. The first-order chi connectivity index (χ1) is 10.8. The lowest BCUT2D eigenvalue weighted by molar-refractivity contribution is 0.0183. The highest BCUT2D eigenvalue weighted by atomic mass is 16.6. The van der Waals surface area contributed by atoms with Crippen LogP contribution in [0.2, 0.25) is 0 Å². The molecular formula is C16H29N5O2. The van der Waals surface area contributed by atoms with Crippen molar-refractivity contribution in [2.75, 3.05) is 13.1 Å². The standard InChI is InChI=1S/C16H29N5O2/c1-13(7-9-21-12-17-11-18-21)19-14-6-5-8-20(10-14)15(22)23-16(2,3)4/h11-14,19H,5-10H2,1-4H3/t13-,14-/m1/s1. The van der Waals surface area contributed by atoms with Gasteiger partial charge in [-0.3, -0.25) is 4.68 Å². The van der Waals surface area contributed by atoms with Crippen molar-refractivity contribution >= 4 is 6.09 Å². The van der Waals surface area contributed by atoms with E-state index in [9.17, 15) is 4.79 Å². The third kappa shape index (κ3) is 6.17. The van der Waals surface area contributed by atoms with Crippen LogP contribution in [0.3, 0.4) is 0 Å². The van der Waals surface area contributed by atoms with Crippen LogP contribution in [-0.2, 0) is 11.3 Å². The van der Waals surface area contributed by atoms with Gasteiger partial charge in [-0.1, -0.05) is 0 Å². The molecule has 0 saturated carbocycles. The molecule has 1 aliphatic heterocycles. The second-order valence-corrected chi connectivity index (χ2v) is 7.28. The molecule has 2 atom stereocenters. The summed E-state index contributed by atoms with van der Waals surface area (Å²) in [4.78, 5) is 17.9. The van der Waals surface area contributed by atoms with Crippen LogP contribution in [0, 0.1) is 0 Å². The summed E-state index contributed by atoms with van der Waals surface area (Å²) in [5.41, 5.74) is -0.442. The molecule has 1 aliphatic rings. The molecule has 130 valence electrons. The Hall–Kier alpha value is -1.63. The summed E-state index contributed by atoms with van der Waals surface area (Å²) in [6.45, 7) is 10.2. The maximum Gasteiger partial charge on any atom is 0.410 e. The molecule has 1 N–H and O–H groups in total. The van der Waals surface area contributed by atoms with Crippen molar-refractivity contribution in [3.8, 4) is 0 Å². The number of piperidine rings is 1. The van der Waals surface area contributed by atoms with Crippen LogP contribution in [0.25, 0.3) is 0 Å². The molecule has 0 unspecified atom stereocenters. The third-order valence-corrected chi connectivity index (χ3v) is 3.85. The van der Waals surface area contributed by atoms with Gasteiger partial charge in [0.15, 0.2) is 0 Å². The van der Waals surface area contributed by atoms with E-state index in [2.05, 4.69) is 22.3 Å². The first-order valence-corrected chi connectivity index (χ1v) is 8.40. The molecule has 7 nitrogen and oxygen atoms in total. The summed E-state index contributed by atoms with van der Waals surface area (Å²) in [6.07, 6.45) is 6.15. The van der Waals surface area contributed by atoms with Crippen molar-refractivity contribution in [1.82, 2.24) is 25.0 Å². The monoisotopic (exact) mass is 323 g/mol. The topological polar surface area (TPSA) is 72.3 Å². The predicted molar refractivity (Wildman–Crippen MR) is 88.1 cm³/mol. The van der Waals surface area contributed by atoms with Gasteiger partial charge in [-0.15, -0.1) is 0 Å². The van der Waals surface area contributed by atoms with Crippen LogP contribution >= 0.6 is 0 Å². The number of aromatic nitrogens is 3. The number of hydrogen-bond acceptors (Lipinski definition) is 5. The predicted octanol–water partition coefficient (Wildman–Crippen LogP) is 2.05. The van der Waals surface area contributed by atoms with Crippen molar-refractivity contribution in [2.45, 2.75) is 71.2 Å². The van der Waals surface area contributed by atoms with E-state index >= 15 is 0 Å². The Morgan fingerprint density at radius 2 is 2.26 bits per heavy atom. The van der Waals surface area contributed by atoms with Crippen LogP contribution in [0.4, 0.5) is 4.79 Å². The van der Waals surface area contributed by atoms with Crippen LogP contribution in [0.15, 0.2) is 12.7 Å². The highest BCUT2D eigenvalue weighted by Gasteiger charge is 2.28. The number of amides is 1. The van der Waals surface area contributed by atoms with Gasteiger partial charge >= 0.3 is 6.09 Å². The fourth-order valence-corrected chi connectivity index (χ4v) is 2.77. The normalized spacial score (nSPS) is 20.3. The van der Waals surface area contributed by atoms with Gasteiger partial charge in [0.1, 0.15) is 18.3 Å². The van der Waals surface area contributed by atoms with Gasteiger partial charge in [0.2, 0.25) is 0 Å². The first-order valence-electron chi connectivity index (χ1n) is 8.40. The summed E-state index contributed by atoms with van der Waals surface area (Å²) in [5, 5.41) is 7.73. The lowest BCUT2D eigenvalue weighted by Crippen LogP contribution is -2.51. The van der Waals surface area contributed by atoms with Crippen molar-refractivity contribution < 1.29 is 9.53 Å². The van der Waals surface area contributed by atoms with E-state index in [0.717, 1.165) is 32.4 Å². The molecule has 1 aromatic heterocycles. The lowest BCUT2D eigenvalue weighted by Gasteiger charge is -2.35. The van der Waals surface area contributed by atoms with Gasteiger partial charge in [0, 0.05) is 31.7 Å². The maximum atomic E-state index is 12.2. The van der Waals surface area contributed by atoms with Crippen molar-refractivity contribution in [3.05, 3.63) is 12.7 Å². The molecule has 0 aliphatic carbocycles. The Balaban J connectivity index is 1.75. The van der Waals surface area contributed by atoms with Gasteiger partial charge in [0.05, 0.1) is 0 Å². The van der Waals surface area contributed by atoms with Gasteiger partial charge in [-0.25, -0.2) is 9.78 Å². The molecule has 1 saturated heterocycles. The molecule has 0 spiro atoms. The molecule has 0 aromatic carbocycles. The molecule has 7 heteroatoms. The Labute approximate surface area is 138 Å². The summed E-state index contributed by atoms with van der Waals surface area (Å²) >= 11 is 0. The number of carbonyl (C=O) groups excluding carboxylic acids is 1. The SMILES string of the molecule is C[C@H](CCn1cncn1)N[C@@H]1CCCN(C(=O)OC(C)(C)C)C1. The second-order valence-electron chi connectivity index (χ2n) is 7.28. The van der Waals surface area contributed by atoms with Gasteiger partial charge in [0.25, 0.3) is 0 Å². The van der Waals surface area contributed by atoms with E-state index in [1.165, 1.54) is 0 Å². The van der Waals surface area contributed by atoms with Crippen LogP contribution in [-0.4, -0.2) is 56.5 Å². The minimum Gasteiger partial charge on any atom is -0.444 e. The zero-order chi connectivity index (χ0) is 16.9. The quantitative estimate of drug-likeness (QED) is 0.898. The number of nitrogens with zero attached hydrogens (tertiary/aromatic N) is 4. The average Bonchev–Trinajstić information content (AvgIpc) is 2.97. The summed E-state index contributed by atoms with van der Waals surface area (Å²) < 4.78 is 7.31. The summed E-state index contributed by atoms with van der Waals surface area (Å²) in [5.74, 6) is 0. The maximum absolute atomic E-state index is 12.2. The molecule has 23 heavy (non-hydrogen) atoms. The zero-order valence-corrected chi connectivity index (χ0v) is 14.7. The van der Waals surface area contributed by atoms with Gasteiger partial charge < -0.3 is 15.0 Å². The fraction of sp³-hybridized carbons (Fsp3) is 0.812. The van der Waals surface area contributed by atoms with Crippen LogP contribution in [0.5, 0.6) is 0 Å². The minimum absolute atomic E-state index is 0.209. The molecule has 2 heterocycles. The van der Waals surface area contributed by atoms with E-state index in [1.54, 1.807) is 12.7 Å². The number of hydrogen-bond donors (Lipinski definition) is 1. The Bertz CT molecular complexity index is 483. The fourth-order valence-electron chi connectivity index (χ4n) is 2.77. The lowest BCUT2D eigenvalue weighted by atomic mass is 10.0. The highest BCUT2D eigenvalue weighted by Crippen LogP contribution is 2.16. The Kier molecular flexibility index (Phi) is 5.98. The molecule has 0 radical (unpaired) electrons. The molecule has 0 bridgehead atoms. The van der Waals surface area contributed by atoms with Crippen molar-refractivity contribution in [3.63, 3.8) is 0 Å². The van der Waals surface area contributed by atoms with E-state index in [1.807, 2.05) is 30.4 Å². The summed E-state index contributed by atoms with van der Waals surface area (Å²) in [7, 11) is 0. The molecular weight excluding hydrogens is 294 g/mol. The zero-order valence-electron chi connectivity index (χ0n) is 14.7. The largest absolute Gasteiger partial charge is 0.444 e. The van der Waals surface area contributed by atoms with E-state index in [4.69, 9.17) is 4.74 Å². The number of nitrogens with one attached hydrogen (secondary N) is 1. The summed E-state index contributed by atoms with van der Waals surface area (Å²) in [6, 6.07) is 0.685. The molecule has 1 aromatic rings. The Morgan fingerprint density at radius 3 is 2.91 bits per heavy atom. The number of rotatable bonds is 5. The van der Waals surface area contributed by atoms with Crippen molar-refractivity contribution in [1.29, 1.82) is 0 Å². The van der Waals surface area contributed by atoms with Crippen LogP contribution < -0.4 is 5.32 Å². The third-order valence-electron chi connectivity index (χ3n) is 3.85. The average molecular weight is 323 g/mol. The van der Waals surface area contributed by atoms with E-state index in [-0.39, 0.29) is 6.09 Å². The van der Waals surface area contributed by atoms with Crippen LogP contribution in [0.1, 0.15) is 47.0 Å². The first kappa shape index (κ1) is 17.7. The van der Waals surface area contributed by atoms with Gasteiger partial charge in [-0.2, -0.15) is 5.10 Å². The number of carbonyl (C=O) groups is 1. The molecule has 1 amide bonds. The molecule has 1 fully saturated rings. The minimum atomic E-state index is -0.442. The van der Waals surface area contributed by atoms with E-state index < -0.39 is 5.60 Å².